The minimum absolute atomic E-state index is 0.0821. The maximum absolute atomic E-state index is 13.8. The van der Waals surface area contributed by atoms with Crippen molar-refractivity contribution in [1.29, 1.82) is 0 Å². The van der Waals surface area contributed by atoms with E-state index in [1.54, 1.807) is 37.8 Å². The first kappa shape index (κ1) is 29.9. The van der Waals surface area contributed by atoms with Crippen LogP contribution in [0.25, 0.3) is 10.9 Å². The van der Waals surface area contributed by atoms with Gasteiger partial charge in [-0.15, -0.1) is 0 Å². The highest BCUT2D eigenvalue weighted by Gasteiger charge is 2.45. The number of rotatable bonds is 7. The fourth-order valence-corrected chi connectivity index (χ4v) is 5.84. The largest absolute Gasteiger partial charge is 0.444 e. The molecule has 3 aromatic rings. The molecule has 2 aliphatic heterocycles. The molecule has 5 rings (SSSR count). The van der Waals surface area contributed by atoms with E-state index in [2.05, 4.69) is 15.6 Å². The predicted molar refractivity (Wildman–Crippen MR) is 165 cm³/mol. The van der Waals surface area contributed by atoms with Crippen LogP contribution in [0.3, 0.4) is 0 Å². The lowest BCUT2D eigenvalue weighted by Gasteiger charge is -2.46. The Morgan fingerprint density at radius 3 is 2.51 bits per heavy atom. The van der Waals surface area contributed by atoms with Crippen LogP contribution in [0, 0.1) is 0 Å². The van der Waals surface area contributed by atoms with Gasteiger partial charge in [0.05, 0.1) is 18.2 Å². The summed E-state index contributed by atoms with van der Waals surface area (Å²) in [5.74, 6) is -0.711. The van der Waals surface area contributed by atoms with Crippen LogP contribution in [0.4, 0.5) is 21.0 Å². The topological polar surface area (TPSA) is 127 Å². The van der Waals surface area contributed by atoms with Gasteiger partial charge in [0, 0.05) is 55.9 Å². The molecule has 2 fully saturated rings. The monoisotopic (exact) mass is 588 g/mol. The molecule has 1 aromatic heterocycles. The minimum atomic E-state index is -0.939. The van der Waals surface area contributed by atoms with Gasteiger partial charge >= 0.3 is 12.1 Å². The summed E-state index contributed by atoms with van der Waals surface area (Å²) in [7, 11) is 3.85. The summed E-state index contributed by atoms with van der Waals surface area (Å²) < 4.78 is 5.46. The quantitative estimate of drug-likeness (QED) is 0.380. The van der Waals surface area contributed by atoms with E-state index in [0.717, 1.165) is 22.2 Å². The van der Waals surface area contributed by atoms with Crippen molar-refractivity contribution < 1.29 is 23.9 Å². The number of hydrogen-bond acceptors (Lipinski definition) is 6. The number of piperidine rings is 1. The van der Waals surface area contributed by atoms with Crippen molar-refractivity contribution in [3.05, 3.63) is 60.3 Å². The first-order chi connectivity index (χ1) is 20.4. The molecule has 2 aromatic carbocycles. The van der Waals surface area contributed by atoms with Gasteiger partial charge in [0.15, 0.2) is 0 Å². The number of hydrogen-bond donors (Lipinski definition) is 3. The van der Waals surface area contributed by atoms with Crippen molar-refractivity contribution in [1.82, 2.24) is 20.5 Å². The lowest BCUT2D eigenvalue weighted by atomic mass is 9.91. The van der Waals surface area contributed by atoms with Crippen molar-refractivity contribution in [3.63, 3.8) is 0 Å². The number of anilines is 2. The van der Waals surface area contributed by atoms with Crippen LogP contribution in [0.1, 0.15) is 45.6 Å². The van der Waals surface area contributed by atoms with E-state index >= 15 is 0 Å². The van der Waals surface area contributed by atoms with Crippen molar-refractivity contribution in [2.24, 2.45) is 0 Å². The minimum Gasteiger partial charge on any atom is -0.444 e. The van der Waals surface area contributed by atoms with Crippen LogP contribution in [-0.4, -0.2) is 78.2 Å². The lowest BCUT2D eigenvalue weighted by Crippen LogP contribution is -2.66. The van der Waals surface area contributed by atoms with Crippen LogP contribution in [0.15, 0.2) is 54.7 Å². The molecule has 3 atom stereocenters. The average Bonchev–Trinajstić information content (AvgIpc) is 3.35. The fraction of sp³-hybridized carbons (Fsp3) is 0.438. The summed E-state index contributed by atoms with van der Waals surface area (Å²) in [5.41, 5.74) is 2.54. The molecule has 228 valence electrons. The molecule has 0 bridgehead atoms. The van der Waals surface area contributed by atoms with Gasteiger partial charge in [0.1, 0.15) is 11.6 Å². The molecule has 0 aliphatic carbocycles. The molecule has 3 heterocycles. The maximum atomic E-state index is 13.8. The Labute approximate surface area is 251 Å². The highest BCUT2D eigenvalue weighted by Crippen LogP contribution is 2.31. The van der Waals surface area contributed by atoms with E-state index < -0.39 is 35.7 Å². The van der Waals surface area contributed by atoms with Gasteiger partial charge in [0.2, 0.25) is 11.8 Å². The van der Waals surface area contributed by atoms with E-state index in [-0.39, 0.29) is 24.8 Å². The number of fused-ring (bicyclic) bond motifs is 2. The Hall–Kier alpha value is -4.54. The van der Waals surface area contributed by atoms with E-state index in [9.17, 15) is 19.2 Å². The number of nitrogens with one attached hydrogen (secondary N) is 3. The normalized spacial score (nSPS) is 19.6. The molecular formula is C32H40N6O5. The average molecular weight is 589 g/mol. The van der Waals surface area contributed by atoms with Crippen LogP contribution in [0.2, 0.25) is 0 Å². The van der Waals surface area contributed by atoms with Crippen molar-refractivity contribution in [3.8, 4) is 0 Å². The van der Waals surface area contributed by atoms with Gasteiger partial charge in [-0.05, 0) is 69.5 Å². The Balaban J connectivity index is 1.33. The molecule has 2 saturated heterocycles. The third-order valence-electron chi connectivity index (χ3n) is 7.91. The molecule has 0 saturated carbocycles. The molecule has 11 nitrogen and oxygen atoms in total. The van der Waals surface area contributed by atoms with E-state index in [1.165, 1.54) is 4.90 Å². The smallest absolute Gasteiger partial charge is 0.408 e. The van der Waals surface area contributed by atoms with Gasteiger partial charge in [0.25, 0.3) is 0 Å². The van der Waals surface area contributed by atoms with Crippen LogP contribution in [-0.2, 0) is 20.7 Å². The molecule has 11 heteroatoms. The number of carbonyl (C=O) groups excluding carboxylic acids is 4. The predicted octanol–water partition coefficient (Wildman–Crippen LogP) is 4.18. The van der Waals surface area contributed by atoms with Crippen LogP contribution < -0.4 is 20.4 Å². The standard InChI is InChI=1S/C32H40N6O5/c1-32(2,3)43-30(41)35-26(17-20-19-33-24-10-7-6-9-23(20)24)29(40)34-25-11-8-16-37-27(25)18-28(39)38(31(37)42)22-14-12-21(13-15-22)36(4)5/h6-7,9-10,12-15,19,25-27,33H,8,11,16-18H2,1-5H3,(H,34,40)(H,35,41)/t25-,26+,27+/m1/s1. The van der Waals surface area contributed by atoms with Gasteiger partial charge in [-0.3, -0.25) is 9.59 Å². The Bertz CT molecular complexity index is 1510. The first-order valence-corrected chi connectivity index (χ1v) is 14.7. The van der Waals surface area contributed by atoms with Gasteiger partial charge in [-0.2, -0.15) is 0 Å². The molecule has 0 spiro atoms. The second-order valence-corrected chi connectivity index (χ2v) is 12.4. The molecule has 0 radical (unpaired) electrons. The number of aromatic amines is 1. The van der Waals surface area contributed by atoms with E-state index in [4.69, 9.17) is 4.74 Å². The maximum Gasteiger partial charge on any atom is 0.408 e. The second-order valence-electron chi connectivity index (χ2n) is 12.4. The first-order valence-electron chi connectivity index (χ1n) is 14.7. The highest BCUT2D eigenvalue weighted by atomic mass is 16.6. The number of urea groups is 1. The zero-order chi connectivity index (χ0) is 30.9. The number of nitrogens with zero attached hydrogens (tertiary/aromatic N) is 3. The van der Waals surface area contributed by atoms with Crippen molar-refractivity contribution in [2.45, 2.75) is 70.2 Å². The van der Waals surface area contributed by atoms with Crippen molar-refractivity contribution in [2.75, 3.05) is 30.4 Å². The third kappa shape index (κ3) is 6.60. The van der Waals surface area contributed by atoms with Crippen LogP contribution >= 0.6 is 0 Å². The molecule has 3 N–H and O–H groups in total. The Morgan fingerprint density at radius 2 is 1.81 bits per heavy atom. The summed E-state index contributed by atoms with van der Waals surface area (Å²) >= 11 is 0. The summed E-state index contributed by atoms with van der Waals surface area (Å²) in [6, 6.07) is 12.8. The number of para-hydroxylation sites is 1. The van der Waals surface area contributed by atoms with Gasteiger partial charge < -0.3 is 30.2 Å². The summed E-state index contributed by atoms with van der Waals surface area (Å²) in [4.78, 5) is 61.6. The Morgan fingerprint density at radius 1 is 1.09 bits per heavy atom. The number of imide groups is 1. The summed E-state index contributed by atoms with van der Waals surface area (Å²) in [6.45, 7) is 5.77. The zero-order valence-electron chi connectivity index (χ0n) is 25.3. The Kier molecular flexibility index (Phi) is 8.34. The summed E-state index contributed by atoms with van der Waals surface area (Å²) in [6.07, 6.45) is 2.72. The SMILES string of the molecule is CN(C)c1ccc(N2C(=O)C[C@H]3[C@H](NC(=O)[C@H](Cc4c[nH]c5ccccc45)NC(=O)OC(C)(C)C)CCCN3C2=O)cc1. The van der Waals surface area contributed by atoms with E-state index in [0.29, 0.717) is 25.1 Å². The third-order valence-corrected chi connectivity index (χ3v) is 7.91. The van der Waals surface area contributed by atoms with Gasteiger partial charge in [-0.25, -0.2) is 14.5 Å². The van der Waals surface area contributed by atoms with Gasteiger partial charge in [-0.1, -0.05) is 18.2 Å². The molecular weight excluding hydrogens is 548 g/mol. The number of amides is 5. The number of H-pyrrole nitrogens is 1. The zero-order valence-corrected chi connectivity index (χ0v) is 25.3. The molecule has 2 aliphatic rings. The number of alkyl carbamates (subject to hydrolysis) is 1. The number of carbonyl (C=O) groups is 4. The molecule has 43 heavy (non-hydrogen) atoms. The van der Waals surface area contributed by atoms with Crippen LogP contribution in [0.5, 0.6) is 0 Å². The fourth-order valence-electron chi connectivity index (χ4n) is 5.84. The van der Waals surface area contributed by atoms with E-state index in [1.807, 2.05) is 61.6 Å². The molecule has 0 unspecified atom stereocenters. The second kappa shape index (κ2) is 12.0. The number of benzene rings is 2. The summed E-state index contributed by atoms with van der Waals surface area (Å²) in [5, 5.41) is 6.78. The van der Waals surface area contributed by atoms with Crippen molar-refractivity contribution >= 4 is 46.2 Å². The highest BCUT2D eigenvalue weighted by molar-refractivity contribution is 6.16. The number of ether oxygens (including phenoxy) is 1. The number of aromatic nitrogens is 1. The molecule has 5 amide bonds. The lowest BCUT2D eigenvalue weighted by molar-refractivity contribution is -0.126.